The van der Waals surface area contributed by atoms with Crippen LogP contribution in [-0.2, 0) is 9.59 Å². The molecule has 7 heteroatoms. The number of hydrogen-bond acceptors (Lipinski definition) is 4. The molecule has 1 aliphatic heterocycles. The minimum absolute atomic E-state index is 0.0365. The molecule has 1 saturated heterocycles. The first-order valence-corrected chi connectivity index (χ1v) is 12.8. The van der Waals surface area contributed by atoms with E-state index in [4.69, 9.17) is 27.9 Å². The fourth-order valence-corrected chi connectivity index (χ4v) is 6.86. The summed E-state index contributed by atoms with van der Waals surface area (Å²) in [4.78, 5) is 40.0. The molecule has 1 heterocycles. The van der Waals surface area contributed by atoms with Gasteiger partial charge in [-0.15, -0.1) is 0 Å². The number of halogens is 2. The van der Waals surface area contributed by atoms with Crippen LogP contribution in [0.25, 0.3) is 0 Å². The number of amides is 2. The third kappa shape index (κ3) is 3.73. The van der Waals surface area contributed by atoms with Gasteiger partial charge in [-0.05, 0) is 85.5 Å². The highest BCUT2D eigenvalue weighted by Gasteiger charge is 2.64. The molecule has 0 unspecified atom stereocenters. The Balaban J connectivity index is 1.21. The quantitative estimate of drug-likeness (QED) is 0.271. The Morgan fingerprint density at radius 3 is 2.25 bits per heavy atom. The van der Waals surface area contributed by atoms with Crippen LogP contribution in [0.15, 0.2) is 66.7 Å². The van der Waals surface area contributed by atoms with Crippen LogP contribution in [0.3, 0.4) is 0 Å². The summed E-state index contributed by atoms with van der Waals surface area (Å²) < 4.78 is 5.84. The first-order valence-electron chi connectivity index (χ1n) is 12.0. The van der Waals surface area contributed by atoms with Crippen LogP contribution in [0.2, 0.25) is 10.0 Å². The van der Waals surface area contributed by atoms with Crippen molar-refractivity contribution < 1.29 is 19.1 Å². The number of ketones is 1. The maximum absolute atomic E-state index is 13.6. The molecule has 5 atom stereocenters. The summed E-state index contributed by atoms with van der Waals surface area (Å²) in [6.07, 6.45) is 1.79. The number of imide groups is 1. The van der Waals surface area contributed by atoms with Crippen LogP contribution in [0.4, 0.5) is 5.69 Å². The number of fused-ring (bicyclic) bond motifs is 5. The third-order valence-electron chi connectivity index (χ3n) is 7.98. The average Bonchev–Trinajstić information content (AvgIpc) is 3.53. The topological polar surface area (TPSA) is 63.7 Å². The van der Waals surface area contributed by atoms with Gasteiger partial charge < -0.3 is 4.74 Å². The summed E-state index contributed by atoms with van der Waals surface area (Å²) in [5, 5.41) is 0.911. The Labute approximate surface area is 219 Å². The lowest BCUT2D eigenvalue weighted by Gasteiger charge is -2.29. The van der Waals surface area contributed by atoms with E-state index in [-0.39, 0.29) is 47.2 Å². The molecule has 6 rings (SSSR count). The number of rotatable bonds is 5. The van der Waals surface area contributed by atoms with Crippen LogP contribution in [0, 0.1) is 23.7 Å². The molecule has 2 saturated carbocycles. The number of benzene rings is 3. The molecule has 0 spiro atoms. The smallest absolute Gasteiger partial charge is 0.237 e. The van der Waals surface area contributed by atoms with E-state index in [1.54, 1.807) is 49.4 Å². The first kappa shape index (κ1) is 23.3. The minimum atomic E-state index is -0.294. The predicted octanol–water partition coefficient (Wildman–Crippen LogP) is 6.92. The van der Waals surface area contributed by atoms with E-state index in [1.807, 2.05) is 24.3 Å². The van der Waals surface area contributed by atoms with Crippen LogP contribution < -0.4 is 9.64 Å². The van der Waals surface area contributed by atoms with Crippen molar-refractivity contribution in [3.63, 3.8) is 0 Å². The summed E-state index contributed by atoms with van der Waals surface area (Å²) in [5.41, 5.74) is 2.38. The molecule has 0 N–H and O–H groups in total. The van der Waals surface area contributed by atoms with Crippen molar-refractivity contribution in [2.45, 2.75) is 25.7 Å². The molecule has 2 aliphatic carbocycles. The first-order chi connectivity index (χ1) is 17.3. The van der Waals surface area contributed by atoms with Crippen LogP contribution in [0.1, 0.15) is 41.6 Å². The highest BCUT2D eigenvalue weighted by molar-refractivity contribution is 6.35. The van der Waals surface area contributed by atoms with Crippen LogP contribution in [0.5, 0.6) is 11.5 Å². The van der Waals surface area contributed by atoms with Crippen molar-refractivity contribution in [1.82, 2.24) is 0 Å². The Hall–Kier alpha value is -3.15. The third-order valence-corrected chi connectivity index (χ3v) is 8.51. The summed E-state index contributed by atoms with van der Waals surface area (Å²) in [7, 11) is 0. The molecule has 2 bridgehead atoms. The number of anilines is 1. The lowest BCUT2D eigenvalue weighted by molar-refractivity contribution is -0.123. The highest BCUT2D eigenvalue weighted by Crippen LogP contribution is 2.62. The molecule has 36 heavy (non-hydrogen) atoms. The van der Waals surface area contributed by atoms with Crippen molar-refractivity contribution >= 4 is 46.5 Å². The van der Waals surface area contributed by atoms with Gasteiger partial charge in [0.2, 0.25) is 11.8 Å². The zero-order chi connectivity index (χ0) is 25.1. The van der Waals surface area contributed by atoms with E-state index in [2.05, 4.69) is 0 Å². The Kier molecular flexibility index (Phi) is 5.66. The Morgan fingerprint density at radius 1 is 0.889 bits per heavy atom. The molecule has 5 nitrogen and oxygen atoms in total. The van der Waals surface area contributed by atoms with Crippen molar-refractivity contribution in [2.75, 3.05) is 4.90 Å². The van der Waals surface area contributed by atoms with Crippen LogP contribution >= 0.6 is 23.2 Å². The van der Waals surface area contributed by atoms with Gasteiger partial charge in [-0.2, -0.15) is 0 Å². The van der Waals surface area contributed by atoms with Gasteiger partial charge in [0.25, 0.3) is 0 Å². The lowest BCUT2D eigenvalue weighted by atomic mass is 9.72. The van der Waals surface area contributed by atoms with Crippen LogP contribution in [-0.4, -0.2) is 17.6 Å². The maximum Gasteiger partial charge on any atom is 0.237 e. The average molecular weight is 520 g/mol. The van der Waals surface area contributed by atoms with E-state index < -0.39 is 0 Å². The summed E-state index contributed by atoms with van der Waals surface area (Å²) in [5.74, 6) is 0.856. The van der Waals surface area contributed by atoms with Crippen molar-refractivity contribution in [3.8, 4) is 11.5 Å². The zero-order valence-electron chi connectivity index (χ0n) is 19.5. The van der Waals surface area contributed by atoms with Crippen molar-refractivity contribution in [1.29, 1.82) is 0 Å². The number of hydrogen-bond donors (Lipinski definition) is 0. The monoisotopic (exact) mass is 519 g/mol. The number of ether oxygens (including phenoxy) is 1. The maximum atomic E-state index is 13.6. The molecule has 2 amide bonds. The molecule has 3 aromatic carbocycles. The molecule has 3 fully saturated rings. The summed E-state index contributed by atoms with van der Waals surface area (Å²) in [6.45, 7) is 1.56. The largest absolute Gasteiger partial charge is 0.456 e. The second kappa shape index (κ2) is 8.75. The number of nitrogens with zero attached hydrogens (tertiary/aromatic N) is 1. The molecule has 0 aromatic heterocycles. The number of carbonyl (C=O) groups excluding carboxylic acids is 3. The Bertz CT molecular complexity index is 1390. The zero-order valence-corrected chi connectivity index (χ0v) is 21.0. The van der Waals surface area contributed by atoms with Gasteiger partial charge in [-0.1, -0.05) is 47.5 Å². The second-order valence-corrected chi connectivity index (χ2v) is 10.8. The minimum Gasteiger partial charge on any atom is -0.456 e. The normalized spacial score (nSPS) is 26.4. The fraction of sp³-hybridized carbons (Fsp3) is 0.276. The van der Waals surface area contributed by atoms with E-state index in [1.165, 1.54) is 4.90 Å². The van der Waals surface area contributed by atoms with Crippen molar-refractivity contribution in [3.05, 3.63) is 87.9 Å². The number of carbonyl (C=O) groups is 3. The summed E-state index contributed by atoms with van der Waals surface area (Å²) >= 11 is 12.1. The summed E-state index contributed by atoms with van der Waals surface area (Å²) in [6, 6.07) is 19.6. The second-order valence-electron chi connectivity index (χ2n) is 9.91. The van der Waals surface area contributed by atoms with Gasteiger partial charge in [-0.3, -0.25) is 19.3 Å². The van der Waals surface area contributed by atoms with Gasteiger partial charge in [-0.25, -0.2) is 0 Å². The van der Waals surface area contributed by atoms with Crippen molar-refractivity contribution in [2.24, 2.45) is 23.7 Å². The highest BCUT2D eigenvalue weighted by atomic mass is 35.5. The molecule has 3 aliphatic rings. The van der Waals surface area contributed by atoms with E-state index in [9.17, 15) is 14.4 Å². The van der Waals surface area contributed by atoms with Gasteiger partial charge in [0.05, 0.1) is 22.5 Å². The lowest BCUT2D eigenvalue weighted by Crippen LogP contribution is -2.32. The van der Waals surface area contributed by atoms with E-state index in [0.717, 1.165) is 18.4 Å². The van der Waals surface area contributed by atoms with Gasteiger partial charge in [0.15, 0.2) is 5.78 Å². The molecule has 3 aromatic rings. The molecular formula is C29H23Cl2NO4. The fourth-order valence-electron chi connectivity index (χ4n) is 6.41. The van der Waals surface area contributed by atoms with E-state index >= 15 is 0 Å². The molecular weight excluding hydrogens is 497 g/mol. The predicted molar refractivity (Wildman–Crippen MR) is 138 cm³/mol. The standard InChI is InChI=1S/C29H23Cl2NO4/c1-15(33)16-2-4-17(5-3-16)22-12-18-13-23(22)27-26(18)28(34)32(29(27)35)20-7-9-21(10-8-20)36-25-11-6-19(30)14-24(25)31/h2-11,14,18,22-23,26-27H,12-13H2,1H3/t18-,22-,23+,26+,27+/m0/s1. The van der Waals surface area contributed by atoms with E-state index in [0.29, 0.717) is 32.8 Å². The van der Waals surface area contributed by atoms with Gasteiger partial charge >= 0.3 is 0 Å². The van der Waals surface area contributed by atoms with Gasteiger partial charge in [0, 0.05) is 10.6 Å². The SMILES string of the molecule is CC(=O)c1ccc([C@@H]2C[C@H]3C[C@H]2[C@H]2C(=O)N(c4ccc(Oc5ccc(Cl)cc5Cl)cc4)C(=O)[C@H]32)cc1. The van der Waals surface area contributed by atoms with Gasteiger partial charge in [0.1, 0.15) is 11.5 Å². The Morgan fingerprint density at radius 2 is 1.58 bits per heavy atom. The molecule has 182 valence electrons. The number of Topliss-reactive ketones (excluding diaryl/α,β-unsaturated/α-hetero) is 1. The molecule has 0 radical (unpaired) electrons.